The third-order valence-corrected chi connectivity index (χ3v) is 4.43. The van der Waals surface area contributed by atoms with Gasteiger partial charge in [0.2, 0.25) is 0 Å². The Morgan fingerprint density at radius 2 is 1.83 bits per heavy atom. The number of nitrogen functional groups attached to an aromatic ring is 1. The molecule has 0 radical (unpaired) electrons. The molecule has 1 heterocycles. The predicted molar refractivity (Wildman–Crippen MR) is 89.8 cm³/mol. The molecule has 0 saturated heterocycles. The molecule has 2 N–H and O–H groups in total. The molecule has 3 rings (SSSR count). The molecule has 114 valence electrons. The van der Waals surface area contributed by atoms with E-state index >= 15 is 0 Å². The van der Waals surface area contributed by atoms with Gasteiger partial charge in [-0.2, -0.15) is 10.4 Å². The lowest BCUT2D eigenvalue weighted by Crippen LogP contribution is -2.01. The number of nitrogens with zero attached hydrogens (tertiary/aromatic N) is 3. The zero-order valence-corrected chi connectivity index (χ0v) is 13.2. The molecule has 3 aromatic rings. The number of nitrogens with two attached hydrogens (primary N) is 1. The highest BCUT2D eigenvalue weighted by Crippen LogP contribution is 2.39. The molecule has 23 heavy (non-hydrogen) atoms. The van der Waals surface area contributed by atoms with Crippen LogP contribution in [0, 0.1) is 11.3 Å². The summed E-state index contributed by atoms with van der Waals surface area (Å²) in [5, 5.41) is 13.7. The Morgan fingerprint density at radius 3 is 2.52 bits per heavy atom. The molecule has 2 aromatic carbocycles. The third kappa shape index (κ3) is 2.87. The van der Waals surface area contributed by atoms with E-state index in [-0.39, 0.29) is 0 Å². The van der Waals surface area contributed by atoms with Crippen LogP contribution in [0.25, 0.3) is 5.69 Å². The summed E-state index contributed by atoms with van der Waals surface area (Å²) in [7, 11) is 1.61. The predicted octanol–water partition coefficient (Wildman–Crippen LogP) is 3.49. The molecule has 0 bridgehead atoms. The molecule has 0 unspecified atom stereocenters. The van der Waals surface area contributed by atoms with E-state index in [0.29, 0.717) is 16.4 Å². The molecule has 1 aromatic heterocycles. The van der Waals surface area contributed by atoms with Gasteiger partial charge < -0.3 is 10.5 Å². The van der Waals surface area contributed by atoms with Crippen molar-refractivity contribution in [1.29, 1.82) is 5.26 Å². The Bertz CT molecular complexity index is 868. The van der Waals surface area contributed by atoms with Crippen LogP contribution in [-0.2, 0) is 0 Å². The summed E-state index contributed by atoms with van der Waals surface area (Å²) < 4.78 is 6.93. The van der Waals surface area contributed by atoms with Gasteiger partial charge in [0.1, 0.15) is 17.6 Å². The molecule has 0 aliphatic carbocycles. The van der Waals surface area contributed by atoms with Gasteiger partial charge >= 0.3 is 0 Å². The maximum Gasteiger partial charge on any atom is 0.179 e. The van der Waals surface area contributed by atoms with Gasteiger partial charge in [-0.1, -0.05) is 42.1 Å². The van der Waals surface area contributed by atoms with Gasteiger partial charge in [0.15, 0.2) is 5.69 Å². The number of aromatic nitrogens is 2. The maximum atomic E-state index is 9.38. The van der Waals surface area contributed by atoms with Gasteiger partial charge in [0.05, 0.1) is 22.6 Å². The molecule has 5 nitrogen and oxygen atoms in total. The lowest BCUT2D eigenvalue weighted by Gasteiger charge is -2.08. The fourth-order valence-electron chi connectivity index (χ4n) is 2.17. The van der Waals surface area contributed by atoms with Gasteiger partial charge in [-0.3, -0.25) is 0 Å². The van der Waals surface area contributed by atoms with Gasteiger partial charge in [-0.15, -0.1) is 0 Å². The van der Waals surface area contributed by atoms with Crippen LogP contribution in [0.5, 0.6) is 5.75 Å². The third-order valence-electron chi connectivity index (χ3n) is 3.26. The highest BCUT2D eigenvalue weighted by Gasteiger charge is 2.19. The Labute approximate surface area is 138 Å². The number of nitriles is 1. The van der Waals surface area contributed by atoms with Gasteiger partial charge in [-0.05, 0) is 24.3 Å². The molecular formula is C17H14N4OS. The summed E-state index contributed by atoms with van der Waals surface area (Å²) in [4.78, 5) is 1.51. The average molecular weight is 322 g/mol. The number of ether oxygens (including phenoxy) is 1. The fourth-order valence-corrected chi connectivity index (χ4v) is 3.16. The number of hydrogen-bond donors (Lipinski definition) is 1. The first-order valence-electron chi connectivity index (χ1n) is 6.89. The summed E-state index contributed by atoms with van der Waals surface area (Å²) >= 11 is 1.38. The number of benzene rings is 2. The van der Waals surface area contributed by atoms with Crippen molar-refractivity contribution in [2.24, 2.45) is 0 Å². The lowest BCUT2D eigenvalue weighted by molar-refractivity contribution is 0.405. The first kappa shape index (κ1) is 15.0. The molecule has 6 heteroatoms. The van der Waals surface area contributed by atoms with E-state index in [1.165, 1.54) is 11.8 Å². The normalized spacial score (nSPS) is 10.3. The van der Waals surface area contributed by atoms with Crippen molar-refractivity contribution in [1.82, 2.24) is 9.78 Å². The van der Waals surface area contributed by atoms with Crippen molar-refractivity contribution in [3.8, 4) is 17.5 Å². The van der Waals surface area contributed by atoms with Crippen molar-refractivity contribution in [3.63, 3.8) is 0 Å². The topological polar surface area (TPSA) is 76.9 Å². The zero-order valence-electron chi connectivity index (χ0n) is 12.4. The number of rotatable bonds is 4. The van der Waals surface area contributed by atoms with Gasteiger partial charge in [0.25, 0.3) is 0 Å². The van der Waals surface area contributed by atoms with Crippen LogP contribution >= 0.6 is 11.8 Å². The van der Waals surface area contributed by atoms with Crippen LogP contribution in [-0.4, -0.2) is 16.9 Å². The quantitative estimate of drug-likeness (QED) is 0.795. The smallest absolute Gasteiger partial charge is 0.179 e. The van der Waals surface area contributed by atoms with Crippen LogP contribution < -0.4 is 10.5 Å². The van der Waals surface area contributed by atoms with E-state index in [4.69, 9.17) is 10.5 Å². The van der Waals surface area contributed by atoms with Crippen molar-refractivity contribution in [2.45, 2.75) is 9.79 Å². The van der Waals surface area contributed by atoms with Crippen LogP contribution in [0.2, 0.25) is 0 Å². The van der Waals surface area contributed by atoms with E-state index < -0.39 is 0 Å². The summed E-state index contributed by atoms with van der Waals surface area (Å²) in [5.41, 5.74) is 7.35. The number of para-hydroxylation sites is 2. The second-order valence-electron chi connectivity index (χ2n) is 4.68. The molecule has 0 saturated carbocycles. The minimum atomic E-state index is 0.294. The maximum absolute atomic E-state index is 9.38. The molecule has 0 spiro atoms. The van der Waals surface area contributed by atoms with E-state index in [1.54, 1.807) is 11.8 Å². The highest BCUT2D eigenvalue weighted by atomic mass is 32.2. The molecule has 0 fully saturated rings. The standard InChI is InChI=1S/C17H14N4OS/c1-22-14-9-5-6-10-15(14)23-16-13(11-18)20-21(17(16)19)12-7-3-2-4-8-12/h2-10H,19H2,1H3. The number of methoxy groups -OCH3 is 1. The van der Waals surface area contributed by atoms with Crippen LogP contribution in [0.15, 0.2) is 64.4 Å². The number of hydrogen-bond acceptors (Lipinski definition) is 5. The van der Waals surface area contributed by atoms with Crippen molar-refractivity contribution in [3.05, 3.63) is 60.3 Å². The molecule has 0 aliphatic heterocycles. The monoisotopic (exact) mass is 322 g/mol. The first-order valence-corrected chi connectivity index (χ1v) is 7.71. The fraction of sp³-hybridized carbons (Fsp3) is 0.0588. The minimum Gasteiger partial charge on any atom is -0.496 e. The average Bonchev–Trinajstić information content (AvgIpc) is 2.92. The summed E-state index contributed by atoms with van der Waals surface area (Å²) in [5.74, 6) is 1.16. The Balaban J connectivity index is 2.06. The van der Waals surface area contributed by atoms with Crippen LogP contribution in [0.4, 0.5) is 5.82 Å². The summed E-state index contributed by atoms with van der Waals surface area (Å²) in [6.45, 7) is 0. The molecule has 0 amide bonds. The minimum absolute atomic E-state index is 0.294. The Kier molecular flexibility index (Phi) is 4.22. The van der Waals surface area contributed by atoms with Crippen molar-refractivity contribution >= 4 is 17.6 Å². The largest absolute Gasteiger partial charge is 0.496 e. The van der Waals surface area contributed by atoms with E-state index in [0.717, 1.165) is 16.3 Å². The van der Waals surface area contributed by atoms with E-state index in [9.17, 15) is 5.26 Å². The van der Waals surface area contributed by atoms with E-state index in [2.05, 4.69) is 11.2 Å². The van der Waals surface area contributed by atoms with Crippen LogP contribution in [0.3, 0.4) is 0 Å². The molecule has 0 aliphatic rings. The molecular weight excluding hydrogens is 308 g/mol. The van der Waals surface area contributed by atoms with Crippen molar-refractivity contribution in [2.75, 3.05) is 12.8 Å². The van der Waals surface area contributed by atoms with Gasteiger partial charge in [-0.25, -0.2) is 4.68 Å². The van der Waals surface area contributed by atoms with Crippen molar-refractivity contribution < 1.29 is 4.74 Å². The highest BCUT2D eigenvalue weighted by molar-refractivity contribution is 7.99. The van der Waals surface area contributed by atoms with Gasteiger partial charge in [0, 0.05) is 0 Å². The lowest BCUT2D eigenvalue weighted by atomic mass is 10.3. The second-order valence-corrected chi connectivity index (χ2v) is 5.73. The summed E-state index contributed by atoms with van der Waals surface area (Å²) in [6, 6.07) is 19.2. The SMILES string of the molecule is COc1ccccc1Sc1c(C#N)nn(-c2ccccc2)c1N. The van der Waals surface area contributed by atoms with E-state index in [1.807, 2.05) is 54.6 Å². The Hall–Kier alpha value is -2.91. The molecule has 0 atom stereocenters. The number of anilines is 1. The first-order chi connectivity index (χ1) is 11.2. The van der Waals surface area contributed by atoms with Crippen LogP contribution in [0.1, 0.15) is 5.69 Å². The Morgan fingerprint density at radius 1 is 1.13 bits per heavy atom. The zero-order chi connectivity index (χ0) is 16.2. The second kappa shape index (κ2) is 6.46. The summed E-state index contributed by atoms with van der Waals surface area (Å²) in [6.07, 6.45) is 0.